The molecule has 2 aliphatic heterocycles. The molecule has 0 radical (unpaired) electrons. The highest BCUT2D eigenvalue weighted by atomic mass is 19.1. The molecule has 34 heavy (non-hydrogen) atoms. The molecule has 1 amide bonds. The number of hydrogen-bond donors (Lipinski definition) is 2. The highest BCUT2D eigenvalue weighted by Gasteiger charge is 2.37. The van der Waals surface area contributed by atoms with Gasteiger partial charge in [0, 0.05) is 36.5 Å². The van der Waals surface area contributed by atoms with E-state index in [1.807, 2.05) is 11.8 Å². The van der Waals surface area contributed by atoms with Crippen molar-refractivity contribution >= 4 is 23.6 Å². The normalized spacial score (nSPS) is 23.3. The zero-order valence-electron chi connectivity index (χ0n) is 18.6. The minimum atomic E-state index is -0.761. The van der Waals surface area contributed by atoms with Gasteiger partial charge in [-0.15, -0.1) is 0 Å². The number of phenols is 1. The highest BCUT2D eigenvalue weighted by molar-refractivity contribution is 5.87. The third kappa shape index (κ3) is 3.28. The Morgan fingerprint density at radius 2 is 2.18 bits per heavy atom. The van der Waals surface area contributed by atoms with E-state index in [0.717, 1.165) is 0 Å². The average molecular weight is 468 g/mol. The van der Waals surface area contributed by atoms with Crippen LogP contribution in [0.15, 0.2) is 35.6 Å². The van der Waals surface area contributed by atoms with Crippen LogP contribution in [0.25, 0.3) is 11.8 Å². The smallest absolute Gasteiger partial charge is 0.350 e. The van der Waals surface area contributed by atoms with E-state index < -0.39 is 23.5 Å². The van der Waals surface area contributed by atoms with Crippen LogP contribution in [0.4, 0.5) is 10.2 Å². The summed E-state index contributed by atoms with van der Waals surface area (Å²) in [5.74, 6) is -0.985. The molecule has 0 bridgehead atoms. The summed E-state index contributed by atoms with van der Waals surface area (Å²) in [6.45, 7) is 6.47. The zero-order valence-corrected chi connectivity index (χ0v) is 18.6. The predicted octanol–water partition coefficient (Wildman–Crippen LogP) is -0.439. The second-order valence-corrected chi connectivity index (χ2v) is 8.71. The molecule has 9 nitrogen and oxygen atoms in total. The highest BCUT2D eigenvalue weighted by Crippen LogP contribution is 2.38. The number of carbonyl (C=O) groups is 1. The van der Waals surface area contributed by atoms with Crippen LogP contribution in [-0.2, 0) is 9.53 Å². The van der Waals surface area contributed by atoms with Crippen LogP contribution in [0.2, 0.25) is 0 Å². The summed E-state index contributed by atoms with van der Waals surface area (Å²) in [6.07, 6.45) is 3.02. The van der Waals surface area contributed by atoms with Gasteiger partial charge in [-0.25, -0.2) is 9.18 Å². The summed E-state index contributed by atoms with van der Waals surface area (Å²) >= 11 is 0. The average Bonchev–Trinajstić information content (AvgIpc) is 3.20. The number of aliphatic hydroxyl groups excluding tert-OH is 1. The lowest BCUT2D eigenvalue weighted by molar-refractivity contribution is -0.126. The van der Waals surface area contributed by atoms with E-state index in [1.54, 1.807) is 11.0 Å². The van der Waals surface area contributed by atoms with Gasteiger partial charge in [0.1, 0.15) is 29.8 Å². The van der Waals surface area contributed by atoms with Crippen molar-refractivity contribution in [3.63, 3.8) is 0 Å². The molecule has 178 valence electrons. The van der Waals surface area contributed by atoms with E-state index in [-0.39, 0.29) is 36.5 Å². The number of amides is 1. The Bertz CT molecular complexity index is 1350. The molecule has 0 spiro atoms. The molecule has 3 heterocycles. The van der Waals surface area contributed by atoms with Gasteiger partial charge in [-0.2, -0.15) is 4.98 Å². The molecule has 0 saturated carbocycles. The Morgan fingerprint density at radius 3 is 2.85 bits per heavy atom. The number of halogens is 1. The molecule has 10 heteroatoms. The third-order valence-corrected chi connectivity index (χ3v) is 6.73. The molecule has 5 rings (SSSR count). The van der Waals surface area contributed by atoms with Crippen LogP contribution in [0, 0.1) is 5.82 Å². The fourth-order valence-electron chi connectivity index (χ4n) is 5.09. The molecule has 3 atom stereocenters. The third-order valence-electron chi connectivity index (χ3n) is 6.73. The first-order valence-corrected chi connectivity index (χ1v) is 11.1. The summed E-state index contributed by atoms with van der Waals surface area (Å²) in [4.78, 5) is 33.2. The molecular formula is C24H25FN4O5. The van der Waals surface area contributed by atoms with Crippen LogP contribution in [0.1, 0.15) is 24.4 Å². The second kappa shape index (κ2) is 8.28. The number of nitrogens with zero attached hydrogens (tertiary/aromatic N) is 4. The van der Waals surface area contributed by atoms with Gasteiger partial charge in [0.15, 0.2) is 0 Å². The molecule has 1 aliphatic carbocycles. The lowest BCUT2D eigenvalue weighted by Crippen LogP contribution is -2.58. The number of anilines is 1. The Hall–Kier alpha value is -3.66. The number of benzene rings is 1. The van der Waals surface area contributed by atoms with Crippen molar-refractivity contribution in [2.45, 2.75) is 24.9 Å². The number of aliphatic hydroxyl groups is 1. The molecule has 1 aromatic carbocycles. The van der Waals surface area contributed by atoms with E-state index >= 15 is 0 Å². The van der Waals surface area contributed by atoms with Gasteiger partial charge in [0.2, 0.25) is 5.91 Å². The Labute approximate surface area is 194 Å². The van der Waals surface area contributed by atoms with E-state index in [0.29, 0.717) is 41.8 Å². The van der Waals surface area contributed by atoms with Crippen molar-refractivity contribution in [1.29, 1.82) is 0 Å². The van der Waals surface area contributed by atoms with Gasteiger partial charge >= 0.3 is 5.69 Å². The number of hydrogen-bond acceptors (Lipinski definition) is 7. The molecular weight excluding hydrogens is 443 g/mol. The van der Waals surface area contributed by atoms with Crippen molar-refractivity contribution in [3.05, 3.63) is 63.3 Å². The lowest BCUT2D eigenvalue weighted by Gasteiger charge is -2.40. The maximum absolute atomic E-state index is 14.8. The van der Waals surface area contributed by atoms with Gasteiger partial charge in [0.05, 0.1) is 23.9 Å². The summed E-state index contributed by atoms with van der Waals surface area (Å²) < 4.78 is 22.2. The van der Waals surface area contributed by atoms with Crippen molar-refractivity contribution < 1.29 is 24.1 Å². The van der Waals surface area contributed by atoms with E-state index in [1.165, 1.54) is 28.8 Å². The predicted molar refractivity (Wildman–Crippen MR) is 122 cm³/mol. The molecule has 1 unspecified atom stereocenters. The second-order valence-electron chi connectivity index (χ2n) is 8.71. The fourth-order valence-corrected chi connectivity index (χ4v) is 5.09. The van der Waals surface area contributed by atoms with Crippen LogP contribution < -0.4 is 21.2 Å². The van der Waals surface area contributed by atoms with Crippen molar-refractivity contribution in [3.8, 4) is 5.75 Å². The number of carbonyl (C=O) groups excluding carboxylic acids is 1. The Balaban J connectivity index is 1.70. The molecule has 2 N–H and O–H groups in total. The van der Waals surface area contributed by atoms with Gasteiger partial charge in [0.25, 0.3) is 0 Å². The zero-order chi connectivity index (χ0) is 24.1. The van der Waals surface area contributed by atoms with E-state index in [9.17, 15) is 24.2 Å². The van der Waals surface area contributed by atoms with Crippen molar-refractivity contribution in [2.75, 3.05) is 37.7 Å². The van der Waals surface area contributed by atoms with Gasteiger partial charge in [-0.05, 0) is 25.1 Å². The van der Waals surface area contributed by atoms with Gasteiger partial charge < -0.3 is 24.7 Å². The maximum Gasteiger partial charge on any atom is 0.350 e. The Kier molecular flexibility index (Phi) is 5.40. The topological polar surface area (TPSA) is 108 Å². The summed E-state index contributed by atoms with van der Waals surface area (Å²) in [5.41, 5.74) is -0.493. The number of ether oxygens (including phenoxy) is 1. The monoisotopic (exact) mass is 468 g/mol. The van der Waals surface area contributed by atoms with Crippen LogP contribution in [-0.4, -0.2) is 69.5 Å². The molecule has 1 saturated heterocycles. The summed E-state index contributed by atoms with van der Waals surface area (Å²) in [5, 5.41) is 21.3. The minimum Gasteiger partial charge on any atom is -0.508 e. The van der Waals surface area contributed by atoms with Crippen LogP contribution in [0.3, 0.4) is 0 Å². The largest absolute Gasteiger partial charge is 0.508 e. The lowest BCUT2D eigenvalue weighted by atomic mass is 9.97. The SMILES string of the molecule is C=CC(=O)N1CCN(c2nc(=O)n3c4c2=CC(c2c(O)cccc2F)C=4OC[C@@H]3CO)[C@@H](C)C1. The molecule has 1 fully saturated rings. The van der Waals surface area contributed by atoms with Gasteiger partial charge in [-0.3, -0.25) is 9.36 Å². The van der Waals surface area contributed by atoms with Crippen molar-refractivity contribution in [2.24, 2.45) is 0 Å². The fraction of sp³-hybridized carbons (Fsp3) is 0.375. The molecule has 1 aromatic heterocycles. The summed E-state index contributed by atoms with van der Waals surface area (Å²) in [7, 11) is 0. The number of phenolic OH excluding ortho intramolecular Hbond substituents is 1. The standard InChI is InChI=1S/C24H25FN4O5/c1-3-19(32)27-7-8-28(13(2)10-27)23-16-9-15(20-17(25)5-4-6-18(20)31)22-21(16)29(24(33)26-23)14(11-30)12-34-22/h3-6,9,13-15,30-31H,1,7-8,10-12H2,2H3/t13-,14-,15?/m0/s1. The van der Waals surface area contributed by atoms with Gasteiger partial charge in [-0.1, -0.05) is 18.7 Å². The summed E-state index contributed by atoms with van der Waals surface area (Å²) in [6, 6.07) is 3.29. The first-order chi connectivity index (χ1) is 16.3. The van der Waals surface area contributed by atoms with E-state index in [2.05, 4.69) is 11.6 Å². The van der Waals surface area contributed by atoms with Crippen LogP contribution in [0.5, 0.6) is 5.75 Å². The number of aromatic hydroxyl groups is 1. The molecule has 3 aliphatic rings. The quantitative estimate of drug-likeness (QED) is 0.586. The first kappa shape index (κ1) is 22.1. The number of rotatable bonds is 4. The van der Waals surface area contributed by atoms with E-state index in [4.69, 9.17) is 4.74 Å². The Morgan fingerprint density at radius 1 is 1.38 bits per heavy atom. The minimum absolute atomic E-state index is 0.0253. The number of piperazine rings is 1. The number of aromatic nitrogens is 2. The maximum atomic E-state index is 14.8. The first-order valence-electron chi connectivity index (χ1n) is 11.1. The van der Waals surface area contributed by atoms with Crippen LogP contribution >= 0.6 is 0 Å². The van der Waals surface area contributed by atoms with Crippen molar-refractivity contribution in [1.82, 2.24) is 14.5 Å². The molecule has 2 aromatic rings.